The molecule has 1 atom stereocenters. The lowest BCUT2D eigenvalue weighted by atomic mass is 9.93. The number of ether oxygens (including phenoxy) is 2. The van der Waals surface area contributed by atoms with Crippen LogP contribution in [0, 0.1) is 0 Å². The second-order valence-corrected chi connectivity index (χ2v) is 5.68. The third-order valence-electron chi connectivity index (χ3n) is 4.07. The van der Waals surface area contributed by atoms with Crippen LogP contribution in [0.15, 0.2) is 48.5 Å². The Bertz CT molecular complexity index is 583. The molecule has 0 heterocycles. The van der Waals surface area contributed by atoms with Crippen LogP contribution in [-0.4, -0.2) is 20.3 Å². The van der Waals surface area contributed by atoms with Gasteiger partial charge in [0, 0.05) is 12.0 Å². The highest BCUT2D eigenvalue weighted by Gasteiger charge is 2.18. The molecule has 0 aliphatic carbocycles. The van der Waals surface area contributed by atoms with Crippen molar-refractivity contribution >= 4 is 0 Å². The standard InChI is InChI=1S/C20H27NO2/c1-3-8-17(15-21)18-11-7-12-19(22-2)20(18)23-14-13-16-9-5-4-6-10-16/h4-7,9-12,17H,3,8,13-15,21H2,1-2H3. The van der Waals surface area contributed by atoms with Gasteiger partial charge in [-0.25, -0.2) is 0 Å². The monoisotopic (exact) mass is 313 g/mol. The van der Waals surface area contributed by atoms with E-state index in [9.17, 15) is 0 Å². The SMILES string of the molecule is CCCC(CN)c1cccc(OC)c1OCCc1ccccc1. The number of benzene rings is 2. The van der Waals surface area contributed by atoms with Crippen LogP contribution in [0.2, 0.25) is 0 Å². The molecule has 0 aliphatic rings. The maximum absolute atomic E-state index is 6.11. The second-order valence-electron chi connectivity index (χ2n) is 5.68. The van der Waals surface area contributed by atoms with Crippen molar-refractivity contribution in [3.05, 3.63) is 59.7 Å². The number of hydrogen-bond donors (Lipinski definition) is 1. The van der Waals surface area contributed by atoms with Gasteiger partial charge < -0.3 is 15.2 Å². The van der Waals surface area contributed by atoms with Crippen molar-refractivity contribution in [3.8, 4) is 11.5 Å². The fraction of sp³-hybridized carbons (Fsp3) is 0.400. The third kappa shape index (κ3) is 4.73. The number of rotatable bonds is 9. The quantitative estimate of drug-likeness (QED) is 0.756. The van der Waals surface area contributed by atoms with Gasteiger partial charge in [-0.1, -0.05) is 55.8 Å². The largest absolute Gasteiger partial charge is 0.493 e. The fourth-order valence-corrected chi connectivity index (χ4v) is 2.83. The molecule has 2 rings (SSSR count). The summed E-state index contributed by atoms with van der Waals surface area (Å²) in [6.45, 7) is 3.43. The molecule has 0 saturated heterocycles. The van der Waals surface area contributed by atoms with Crippen LogP contribution < -0.4 is 15.2 Å². The van der Waals surface area contributed by atoms with Gasteiger partial charge in [0.1, 0.15) is 0 Å². The maximum Gasteiger partial charge on any atom is 0.164 e. The summed E-state index contributed by atoms with van der Waals surface area (Å²) in [5.41, 5.74) is 8.40. The Morgan fingerprint density at radius 1 is 1.04 bits per heavy atom. The van der Waals surface area contributed by atoms with Gasteiger partial charge in [-0.3, -0.25) is 0 Å². The first kappa shape index (κ1) is 17.4. The predicted octanol–water partition coefficient (Wildman–Crippen LogP) is 4.16. The van der Waals surface area contributed by atoms with E-state index in [1.54, 1.807) is 7.11 Å². The lowest BCUT2D eigenvalue weighted by Crippen LogP contribution is -2.14. The molecule has 2 aromatic carbocycles. The minimum atomic E-state index is 0.307. The Balaban J connectivity index is 2.14. The van der Waals surface area contributed by atoms with E-state index in [-0.39, 0.29) is 0 Å². The van der Waals surface area contributed by atoms with Gasteiger partial charge in [-0.05, 0) is 30.5 Å². The van der Waals surface area contributed by atoms with Crippen molar-refractivity contribution in [1.29, 1.82) is 0 Å². The Morgan fingerprint density at radius 2 is 1.83 bits per heavy atom. The van der Waals surface area contributed by atoms with Crippen LogP contribution >= 0.6 is 0 Å². The molecule has 0 spiro atoms. The third-order valence-corrected chi connectivity index (χ3v) is 4.07. The molecule has 3 nitrogen and oxygen atoms in total. The van der Waals surface area contributed by atoms with Crippen molar-refractivity contribution < 1.29 is 9.47 Å². The Morgan fingerprint density at radius 3 is 2.48 bits per heavy atom. The number of hydrogen-bond acceptors (Lipinski definition) is 3. The van der Waals surface area contributed by atoms with Crippen LogP contribution in [0.3, 0.4) is 0 Å². The molecule has 0 aromatic heterocycles. The summed E-state index contributed by atoms with van der Waals surface area (Å²) < 4.78 is 11.6. The number of para-hydroxylation sites is 1. The summed E-state index contributed by atoms with van der Waals surface area (Å²) in [7, 11) is 1.68. The first-order valence-corrected chi connectivity index (χ1v) is 8.33. The van der Waals surface area contributed by atoms with Gasteiger partial charge in [0.25, 0.3) is 0 Å². The van der Waals surface area contributed by atoms with Gasteiger partial charge in [-0.2, -0.15) is 0 Å². The Labute approximate surface area is 139 Å². The van der Waals surface area contributed by atoms with E-state index in [2.05, 4.69) is 37.3 Å². The van der Waals surface area contributed by atoms with Crippen molar-refractivity contribution in [2.75, 3.05) is 20.3 Å². The molecule has 3 heteroatoms. The molecule has 124 valence electrons. The van der Waals surface area contributed by atoms with Crippen LogP contribution in [0.1, 0.15) is 36.8 Å². The second kappa shape index (κ2) is 9.21. The highest BCUT2D eigenvalue weighted by molar-refractivity contribution is 5.48. The Kier molecular flexibility index (Phi) is 6.95. The average molecular weight is 313 g/mol. The zero-order valence-electron chi connectivity index (χ0n) is 14.1. The molecule has 1 unspecified atom stereocenters. The normalized spacial score (nSPS) is 12.0. The van der Waals surface area contributed by atoms with Gasteiger partial charge in [0.15, 0.2) is 11.5 Å². The summed E-state index contributed by atoms with van der Waals surface area (Å²) in [4.78, 5) is 0. The predicted molar refractivity (Wildman–Crippen MR) is 95.3 cm³/mol. The molecular weight excluding hydrogens is 286 g/mol. The smallest absolute Gasteiger partial charge is 0.164 e. The van der Waals surface area contributed by atoms with Crippen LogP contribution in [-0.2, 0) is 6.42 Å². The minimum absolute atomic E-state index is 0.307. The number of methoxy groups -OCH3 is 1. The van der Waals surface area contributed by atoms with E-state index in [4.69, 9.17) is 15.2 Å². The van der Waals surface area contributed by atoms with Crippen LogP contribution in [0.5, 0.6) is 11.5 Å². The topological polar surface area (TPSA) is 44.5 Å². The van der Waals surface area contributed by atoms with E-state index < -0.39 is 0 Å². The average Bonchev–Trinajstić information content (AvgIpc) is 2.61. The van der Waals surface area contributed by atoms with Gasteiger partial charge in [-0.15, -0.1) is 0 Å². The molecule has 23 heavy (non-hydrogen) atoms. The molecule has 0 amide bonds. The van der Waals surface area contributed by atoms with Gasteiger partial charge in [0.05, 0.1) is 13.7 Å². The zero-order chi connectivity index (χ0) is 16.5. The van der Waals surface area contributed by atoms with Gasteiger partial charge in [0.2, 0.25) is 0 Å². The van der Waals surface area contributed by atoms with Crippen molar-refractivity contribution in [3.63, 3.8) is 0 Å². The fourth-order valence-electron chi connectivity index (χ4n) is 2.83. The molecule has 0 saturated carbocycles. The minimum Gasteiger partial charge on any atom is -0.493 e. The molecule has 2 aromatic rings. The van der Waals surface area contributed by atoms with Crippen LogP contribution in [0.4, 0.5) is 0 Å². The van der Waals surface area contributed by atoms with Crippen molar-refractivity contribution in [2.24, 2.45) is 5.73 Å². The summed E-state index contributed by atoms with van der Waals surface area (Å²) in [5, 5.41) is 0. The van der Waals surface area contributed by atoms with E-state index in [1.807, 2.05) is 18.2 Å². The lowest BCUT2D eigenvalue weighted by molar-refractivity contribution is 0.292. The van der Waals surface area contributed by atoms with Crippen LogP contribution in [0.25, 0.3) is 0 Å². The van der Waals surface area contributed by atoms with Crippen molar-refractivity contribution in [1.82, 2.24) is 0 Å². The number of nitrogens with two attached hydrogens (primary N) is 1. The Hall–Kier alpha value is -2.00. The van der Waals surface area contributed by atoms with E-state index >= 15 is 0 Å². The molecule has 2 N–H and O–H groups in total. The first-order valence-electron chi connectivity index (χ1n) is 8.33. The van der Waals surface area contributed by atoms with Gasteiger partial charge >= 0.3 is 0 Å². The van der Waals surface area contributed by atoms with Crippen molar-refractivity contribution in [2.45, 2.75) is 32.1 Å². The maximum atomic E-state index is 6.11. The summed E-state index contributed by atoms with van der Waals surface area (Å²) in [6, 6.07) is 16.4. The molecular formula is C20H27NO2. The van der Waals surface area contributed by atoms with E-state index in [0.717, 1.165) is 36.3 Å². The molecule has 0 fully saturated rings. The van der Waals surface area contributed by atoms with E-state index in [1.165, 1.54) is 5.56 Å². The molecule has 0 radical (unpaired) electrons. The molecule has 0 aliphatic heterocycles. The first-order chi connectivity index (χ1) is 11.3. The van der Waals surface area contributed by atoms with E-state index in [0.29, 0.717) is 19.1 Å². The molecule has 0 bridgehead atoms. The highest BCUT2D eigenvalue weighted by Crippen LogP contribution is 2.37. The zero-order valence-corrected chi connectivity index (χ0v) is 14.1. The summed E-state index contributed by atoms with van der Waals surface area (Å²) in [6.07, 6.45) is 3.03. The summed E-state index contributed by atoms with van der Waals surface area (Å²) in [5.74, 6) is 1.93. The lowest BCUT2D eigenvalue weighted by Gasteiger charge is -2.21. The summed E-state index contributed by atoms with van der Waals surface area (Å²) >= 11 is 0. The highest BCUT2D eigenvalue weighted by atomic mass is 16.5.